The summed E-state index contributed by atoms with van der Waals surface area (Å²) >= 11 is 7.65. The van der Waals surface area contributed by atoms with Gasteiger partial charge < -0.3 is 10.6 Å². The third kappa shape index (κ3) is 2.71. The van der Waals surface area contributed by atoms with E-state index in [1.54, 1.807) is 0 Å². The average molecular weight is 335 g/mol. The monoisotopic (exact) mass is 334 g/mol. The van der Waals surface area contributed by atoms with Crippen LogP contribution in [0.1, 0.15) is 34.5 Å². The first-order valence-corrected chi connectivity index (χ1v) is 8.12. The zero-order valence-corrected chi connectivity index (χ0v) is 13.9. The van der Waals surface area contributed by atoms with Gasteiger partial charge >= 0.3 is 0 Å². The molecule has 2 N–H and O–H groups in total. The van der Waals surface area contributed by atoms with Gasteiger partial charge in [-0.2, -0.15) is 0 Å². The van der Waals surface area contributed by atoms with Crippen molar-refractivity contribution in [3.63, 3.8) is 0 Å². The smallest absolute Gasteiger partial charge is 0.265 e. The lowest BCUT2D eigenvalue weighted by atomic mass is 9.78. The summed E-state index contributed by atoms with van der Waals surface area (Å²) in [5.74, 6) is 1.16. The summed E-state index contributed by atoms with van der Waals surface area (Å²) < 4.78 is 0. The van der Waals surface area contributed by atoms with Crippen molar-refractivity contribution in [2.45, 2.75) is 32.2 Å². The minimum absolute atomic E-state index is 0. The number of thiophene rings is 1. The van der Waals surface area contributed by atoms with E-state index >= 15 is 0 Å². The number of amides is 1. The Morgan fingerprint density at radius 3 is 2.80 bits per heavy atom. The van der Waals surface area contributed by atoms with E-state index in [0.29, 0.717) is 21.7 Å². The summed E-state index contributed by atoms with van der Waals surface area (Å²) in [4.78, 5) is 15.2. The van der Waals surface area contributed by atoms with E-state index < -0.39 is 0 Å². The van der Waals surface area contributed by atoms with Gasteiger partial charge in [0.2, 0.25) is 0 Å². The van der Waals surface area contributed by atoms with Crippen molar-refractivity contribution in [3.05, 3.63) is 20.8 Å². The van der Waals surface area contributed by atoms with E-state index in [-0.39, 0.29) is 24.4 Å². The molecule has 1 aromatic rings. The first-order chi connectivity index (χ1) is 9.08. The molecule has 0 aromatic carbocycles. The first-order valence-electron chi connectivity index (χ1n) is 6.86. The van der Waals surface area contributed by atoms with Crippen LogP contribution in [0.25, 0.3) is 0 Å². The maximum Gasteiger partial charge on any atom is 0.265 e. The third-order valence-electron chi connectivity index (χ3n) is 4.53. The van der Waals surface area contributed by atoms with Gasteiger partial charge in [-0.15, -0.1) is 23.7 Å². The van der Waals surface area contributed by atoms with Gasteiger partial charge in [-0.3, -0.25) is 4.79 Å². The molecule has 0 bridgehead atoms. The molecule has 2 fully saturated rings. The van der Waals surface area contributed by atoms with Gasteiger partial charge in [0.25, 0.3) is 5.91 Å². The maximum absolute atomic E-state index is 12.5. The lowest BCUT2D eigenvalue weighted by Gasteiger charge is -2.29. The molecule has 112 valence electrons. The molecule has 1 amide bonds. The van der Waals surface area contributed by atoms with Crippen LogP contribution >= 0.6 is 35.3 Å². The van der Waals surface area contributed by atoms with Crippen LogP contribution in [0.4, 0.5) is 0 Å². The minimum atomic E-state index is 0. The van der Waals surface area contributed by atoms with Crippen molar-refractivity contribution < 1.29 is 4.79 Å². The van der Waals surface area contributed by atoms with Crippen LogP contribution in [0.15, 0.2) is 5.38 Å². The maximum atomic E-state index is 12.5. The molecule has 1 aliphatic heterocycles. The van der Waals surface area contributed by atoms with Crippen molar-refractivity contribution in [2.75, 3.05) is 13.1 Å². The van der Waals surface area contributed by atoms with Gasteiger partial charge in [0.1, 0.15) is 4.88 Å². The molecule has 20 heavy (non-hydrogen) atoms. The number of aryl methyl sites for hydroxylation is 1. The van der Waals surface area contributed by atoms with Crippen LogP contribution < -0.4 is 5.73 Å². The van der Waals surface area contributed by atoms with Crippen LogP contribution in [0.3, 0.4) is 0 Å². The van der Waals surface area contributed by atoms with E-state index in [9.17, 15) is 4.79 Å². The predicted octanol–water partition coefficient (Wildman–Crippen LogP) is 3.33. The van der Waals surface area contributed by atoms with Crippen LogP contribution in [0, 0.1) is 18.8 Å². The molecule has 2 heterocycles. The number of carbonyl (C=O) groups excluding carboxylic acids is 1. The molecule has 2 aliphatic rings. The molecule has 1 saturated heterocycles. The van der Waals surface area contributed by atoms with Crippen LogP contribution in [0.5, 0.6) is 0 Å². The second-order valence-electron chi connectivity index (χ2n) is 5.79. The highest BCUT2D eigenvalue weighted by Crippen LogP contribution is 2.37. The number of nitrogens with two attached hydrogens (primary N) is 1. The molecular weight excluding hydrogens is 315 g/mol. The second kappa shape index (κ2) is 6.22. The highest BCUT2D eigenvalue weighted by Gasteiger charge is 2.41. The Bertz CT molecular complexity index is 505. The van der Waals surface area contributed by atoms with Gasteiger partial charge in [-0.1, -0.05) is 18.0 Å². The summed E-state index contributed by atoms with van der Waals surface area (Å²) in [6.07, 6.45) is 3.50. The summed E-state index contributed by atoms with van der Waals surface area (Å²) in [6, 6.07) is 0.261. The number of nitrogens with zero attached hydrogens (tertiary/aromatic N) is 1. The predicted molar refractivity (Wildman–Crippen MR) is 86.0 cm³/mol. The number of hydrogen-bond acceptors (Lipinski definition) is 3. The molecule has 0 spiro atoms. The van der Waals surface area contributed by atoms with E-state index in [1.165, 1.54) is 24.2 Å². The average Bonchev–Trinajstić information content (AvgIpc) is 2.95. The van der Waals surface area contributed by atoms with E-state index in [2.05, 4.69) is 0 Å². The minimum Gasteiger partial charge on any atom is -0.337 e. The Labute approximate surface area is 134 Å². The van der Waals surface area contributed by atoms with Crippen LogP contribution in [-0.2, 0) is 0 Å². The molecular formula is C14H20Cl2N2OS. The normalized spacial score (nSPS) is 28.9. The third-order valence-corrected chi connectivity index (χ3v) is 6.22. The Balaban J connectivity index is 0.00000147. The molecule has 1 aromatic heterocycles. The second-order valence-corrected chi connectivity index (χ2v) is 7.05. The van der Waals surface area contributed by atoms with Crippen LogP contribution in [-0.4, -0.2) is 29.9 Å². The van der Waals surface area contributed by atoms with E-state index in [4.69, 9.17) is 17.3 Å². The number of halogens is 2. The zero-order chi connectivity index (χ0) is 13.6. The largest absolute Gasteiger partial charge is 0.337 e. The Morgan fingerprint density at radius 1 is 1.45 bits per heavy atom. The Kier molecular flexibility index (Phi) is 5.00. The molecule has 0 radical (unpaired) electrons. The topological polar surface area (TPSA) is 46.3 Å². The molecule has 3 rings (SSSR count). The van der Waals surface area contributed by atoms with Crippen molar-refractivity contribution in [2.24, 2.45) is 17.6 Å². The Morgan fingerprint density at radius 2 is 2.20 bits per heavy atom. The lowest BCUT2D eigenvalue weighted by molar-refractivity contribution is 0.0788. The highest BCUT2D eigenvalue weighted by molar-refractivity contribution is 7.13. The highest BCUT2D eigenvalue weighted by atomic mass is 35.5. The van der Waals surface area contributed by atoms with Gasteiger partial charge in [0, 0.05) is 19.1 Å². The zero-order valence-electron chi connectivity index (χ0n) is 11.5. The summed E-state index contributed by atoms with van der Waals surface area (Å²) in [6.45, 7) is 3.59. The number of carbonyl (C=O) groups is 1. The van der Waals surface area contributed by atoms with E-state index in [0.717, 1.165) is 25.1 Å². The molecule has 1 aliphatic carbocycles. The standard InChI is InChI=1S/C14H19ClN2OS.ClH/c1-8-7-19-13(12(8)15)14(18)17-5-9-3-2-4-11(16)10(9)6-17;/h7,9-11H,2-6,16H2,1H3;1H. The van der Waals surface area contributed by atoms with Gasteiger partial charge in [0.15, 0.2) is 0 Å². The summed E-state index contributed by atoms with van der Waals surface area (Å²) in [5, 5.41) is 2.57. The number of hydrogen-bond donors (Lipinski definition) is 1. The SMILES string of the molecule is Cc1csc(C(=O)N2CC3CCCC(N)C3C2)c1Cl.Cl. The Hall–Kier alpha value is -0.290. The summed E-state index contributed by atoms with van der Waals surface area (Å²) in [5.41, 5.74) is 7.18. The molecule has 6 heteroatoms. The van der Waals surface area contributed by atoms with E-state index in [1.807, 2.05) is 17.2 Å². The molecule has 3 unspecified atom stereocenters. The fourth-order valence-corrected chi connectivity index (χ4v) is 4.64. The lowest BCUT2D eigenvalue weighted by Crippen LogP contribution is -2.38. The fourth-order valence-electron chi connectivity index (χ4n) is 3.40. The van der Waals surface area contributed by atoms with Crippen LogP contribution in [0.2, 0.25) is 5.02 Å². The van der Waals surface area contributed by atoms with Crippen molar-refractivity contribution >= 4 is 41.3 Å². The van der Waals surface area contributed by atoms with Gasteiger partial charge in [-0.25, -0.2) is 0 Å². The quantitative estimate of drug-likeness (QED) is 0.856. The van der Waals surface area contributed by atoms with Crippen molar-refractivity contribution in [1.29, 1.82) is 0 Å². The molecule has 1 saturated carbocycles. The molecule has 3 nitrogen and oxygen atoms in total. The molecule has 3 atom stereocenters. The van der Waals surface area contributed by atoms with Crippen molar-refractivity contribution in [1.82, 2.24) is 4.90 Å². The number of rotatable bonds is 1. The van der Waals surface area contributed by atoms with Gasteiger partial charge in [0.05, 0.1) is 5.02 Å². The first kappa shape index (κ1) is 16.1. The van der Waals surface area contributed by atoms with Gasteiger partial charge in [-0.05, 0) is 42.5 Å². The summed E-state index contributed by atoms with van der Waals surface area (Å²) in [7, 11) is 0. The number of fused-ring (bicyclic) bond motifs is 1. The van der Waals surface area contributed by atoms with Crippen molar-refractivity contribution in [3.8, 4) is 0 Å². The number of likely N-dealkylation sites (tertiary alicyclic amines) is 1. The fraction of sp³-hybridized carbons (Fsp3) is 0.643.